The zero-order valence-corrected chi connectivity index (χ0v) is 15.6. The summed E-state index contributed by atoms with van der Waals surface area (Å²) in [6.45, 7) is 1.62. The van der Waals surface area contributed by atoms with Crippen LogP contribution in [0.4, 0.5) is 0 Å². The molecule has 0 atom stereocenters. The number of hydrogen-bond donors (Lipinski definition) is 0. The Morgan fingerprint density at radius 2 is 1.85 bits per heavy atom. The van der Waals surface area contributed by atoms with Crippen molar-refractivity contribution in [1.29, 1.82) is 0 Å². The highest BCUT2D eigenvalue weighted by molar-refractivity contribution is 5.94. The van der Waals surface area contributed by atoms with E-state index in [4.69, 9.17) is 18.9 Å². The zero-order valence-electron chi connectivity index (χ0n) is 15.6. The minimum atomic E-state index is -0.702. The van der Waals surface area contributed by atoms with Crippen molar-refractivity contribution >= 4 is 5.91 Å². The van der Waals surface area contributed by atoms with Crippen molar-refractivity contribution in [3.05, 3.63) is 53.6 Å². The van der Waals surface area contributed by atoms with Crippen LogP contribution in [0.3, 0.4) is 0 Å². The van der Waals surface area contributed by atoms with Crippen molar-refractivity contribution in [3.8, 4) is 17.2 Å². The number of piperidine rings is 1. The van der Waals surface area contributed by atoms with Gasteiger partial charge in [0.25, 0.3) is 5.91 Å². The van der Waals surface area contributed by atoms with Gasteiger partial charge in [-0.25, -0.2) is 0 Å². The summed E-state index contributed by atoms with van der Waals surface area (Å²) in [5.41, 5.74) is 1.61. The van der Waals surface area contributed by atoms with Crippen LogP contribution in [0.5, 0.6) is 17.2 Å². The summed E-state index contributed by atoms with van der Waals surface area (Å²) in [6.07, 6.45) is 1.22. The standard InChI is InChI=1S/C21H23NO5/c1-24-17-7-3-5-15(13-17)20(23)22-11-9-21(10-12-22)26-14-16-6-4-8-18(25-2)19(16)27-21/h3-8,13H,9-12,14H2,1-2H3. The van der Waals surface area contributed by atoms with Gasteiger partial charge in [0.1, 0.15) is 5.75 Å². The third-order valence-electron chi connectivity index (χ3n) is 5.19. The lowest BCUT2D eigenvalue weighted by Gasteiger charge is -2.44. The van der Waals surface area contributed by atoms with Crippen LogP contribution in [-0.2, 0) is 11.3 Å². The Labute approximate surface area is 158 Å². The summed E-state index contributed by atoms with van der Waals surface area (Å²) in [7, 11) is 3.23. The van der Waals surface area contributed by atoms with Crippen LogP contribution in [0.2, 0.25) is 0 Å². The SMILES string of the molecule is COc1cccc(C(=O)N2CCC3(CC2)OCc2cccc(OC)c2O3)c1. The molecule has 27 heavy (non-hydrogen) atoms. The first-order valence-corrected chi connectivity index (χ1v) is 9.06. The number of amides is 1. The van der Waals surface area contributed by atoms with E-state index in [-0.39, 0.29) is 5.91 Å². The smallest absolute Gasteiger partial charge is 0.253 e. The Hall–Kier alpha value is -2.73. The van der Waals surface area contributed by atoms with Gasteiger partial charge in [0.05, 0.1) is 20.8 Å². The number of fused-ring (bicyclic) bond motifs is 1. The molecule has 2 aliphatic heterocycles. The Morgan fingerprint density at radius 3 is 2.59 bits per heavy atom. The molecule has 142 valence electrons. The molecular formula is C21H23NO5. The summed E-state index contributed by atoms with van der Waals surface area (Å²) >= 11 is 0. The topological polar surface area (TPSA) is 57.2 Å². The molecule has 0 aliphatic carbocycles. The maximum Gasteiger partial charge on any atom is 0.253 e. The van der Waals surface area contributed by atoms with Gasteiger partial charge in [-0.1, -0.05) is 18.2 Å². The summed E-state index contributed by atoms with van der Waals surface area (Å²) < 4.78 is 23.0. The molecule has 2 heterocycles. The molecule has 2 aromatic rings. The summed E-state index contributed by atoms with van der Waals surface area (Å²) in [5, 5.41) is 0. The van der Waals surface area contributed by atoms with E-state index in [0.29, 0.717) is 49.6 Å². The maximum absolute atomic E-state index is 12.8. The monoisotopic (exact) mass is 369 g/mol. The van der Waals surface area contributed by atoms with Gasteiger partial charge in [-0.05, 0) is 24.3 Å². The number of rotatable bonds is 3. The number of ether oxygens (including phenoxy) is 4. The summed E-state index contributed by atoms with van der Waals surface area (Å²) in [4.78, 5) is 14.6. The van der Waals surface area contributed by atoms with E-state index in [1.807, 2.05) is 41.3 Å². The van der Waals surface area contributed by atoms with Crippen LogP contribution >= 0.6 is 0 Å². The second-order valence-corrected chi connectivity index (χ2v) is 6.77. The minimum Gasteiger partial charge on any atom is -0.497 e. The molecule has 2 aromatic carbocycles. The highest BCUT2D eigenvalue weighted by atomic mass is 16.7. The number of nitrogens with zero attached hydrogens (tertiary/aromatic N) is 1. The lowest BCUT2D eigenvalue weighted by Crippen LogP contribution is -2.52. The van der Waals surface area contributed by atoms with Crippen molar-refractivity contribution in [2.75, 3.05) is 27.3 Å². The highest BCUT2D eigenvalue weighted by Crippen LogP contribution is 2.42. The Bertz CT molecular complexity index is 828. The van der Waals surface area contributed by atoms with Gasteiger partial charge in [-0.15, -0.1) is 0 Å². The van der Waals surface area contributed by atoms with Crippen molar-refractivity contribution in [2.45, 2.75) is 25.2 Å². The first-order chi connectivity index (χ1) is 13.1. The van der Waals surface area contributed by atoms with Crippen LogP contribution in [0.15, 0.2) is 42.5 Å². The largest absolute Gasteiger partial charge is 0.497 e. The third-order valence-corrected chi connectivity index (χ3v) is 5.19. The van der Waals surface area contributed by atoms with Gasteiger partial charge >= 0.3 is 0 Å². The second kappa shape index (κ2) is 7.12. The molecular weight excluding hydrogens is 346 g/mol. The van der Waals surface area contributed by atoms with Crippen molar-refractivity contribution in [1.82, 2.24) is 4.90 Å². The molecule has 0 unspecified atom stereocenters. The summed E-state index contributed by atoms with van der Waals surface area (Å²) in [5.74, 6) is 1.44. The quantitative estimate of drug-likeness (QED) is 0.831. The van der Waals surface area contributed by atoms with Crippen LogP contribution in [0.1, 0.15) is 28.8 Å². The molecule has 0 aromatic heterocycles. The molecule has 1 spiro atoms. The normalized spacial score (nSPS) is 17.8. The lowest BCUT2D eigenvalue weighted by molar-refractivity contribution is -0.226. The third kappa shape index (κ3) is 3.32. The van der Waals surface area contributed by atoms with Crippen LogP contribution in [-0.4, -0.2) is 43.9 Å². The molecule has 1 fully saturated rings. The molecule has 1 saturated heterocycles. The lowest BCUT2D eigenvalue weighted by atomic mass is 10.00. The van der Waals surface area contributed by atoms with E-state index < -0.39 is 5.79 Å². The van der Waals surface area contributed by atoms with Crippen LogP contribution < -0.4 is 14.2 Å². The van der Waals surface area contributed by atoms with Crippen LogP contribution in [0, 0.1) is 0 Å². The number of methoxy groups -OCH3 is 2. The van der Waals surface area contributed by atoms with Crippen molar-refractivity contribution < 1.29 is 23.7 Å². The fourth-order valence-corrected chi connectivity index (χ4v) is 3.61. The van der Waals surface area contributed by atoms with Gasteiger partial charge in [0.2, 0.25) is 5.79 Å². The molecule has 0 saturated carbocycles. The number of carbonyl (C=O) groups is 1. The summed E-state index contributed by atoms with van der Waals surface area (Å²) in [6, 6.07) is 13.0. The second-order valence-electron chi connectivity index (χ2n) is 6.77. The number of benzene rings is 2. The van der Waals surface area contributed by atoms with Crippen molar-refractivity contribution in [3.63, 3.8) is 0 Å². The van der Waals surface area contributed by atoms with E-state index in [0.717, 1.165) is 11.3 Å². The average molecular weight is 369 g/mol. The fourth-order valence-electron chi connectivity index (χ4n) is 3.61. The van der Waals surface area contributed by atoms with Gasteiger partial charge in [-0.3, -0.25) is 4.79 Å². The molecule has 0 radical (unpaired) electrons. The first kappa shape index (κ1) is 17.7. The molecule has 0 N–H and O–H groups in total. The number of likely N-dealkylation sites (tertiary alicyclic amines) is 1. The Kier molecular flexibility index (Phi) is 4.66. The maximum atomic E-state index is 12.8. The predicted octanol–water partition coefficient (Wildman–Crippen LogP) is 3.25. The molecule has 2 aliphatic rings. The fraction of sp³-hybridized carbons (Fsp3) is 0.381. The number of carbonyl (C=O) groups excluding carboxylic acids is 1. The van der Waals surface area contributed by atoms with Gasteiger partial charge in [0, 0.05) is 37.1 Å². The number of hydrogen-bond acceptors (Lipinski definition) is 5. The van der Waals surface area contributed by atoms with E-state index in [9.17, 15) is 4.79 Å². The first-order valence-electron chi connectivity index (χ1n) is 9.06. The Balaban J connectivity index is 1.46. The zero-order chi connectivity index (χ0) is 18.9. The van der Waals surface area contributed by atoms with E-state index in [1.165, 1.54) is 0 Å². The number of para-hydroxylation sites is 1. The van der Waals surface area contributed by atoms with E-state index in [2.05, 4.69) is 0 Å². The van der Waals surface area contributed by atoms with Crippen LogP contribution in [0.25, 0.3) is 0 Å². The average Bonchev–Trinajstić information content (AvgIpc) is 2.73. The van der Waals surface area contributed by atoms with Gasteiger partial charge in [-0.2, -0.15) is 0 Å². The van der Waals surface area contributed by atoms with Crippen molar-refractivity contribution in [2.24, 2.45) is 0 Å². The Morgan fingerprint density at radius 1 is 1.07 bits per heavy atom. The molecule has 1 amide bonds. The minimum absolute atomic E-state index is 0.00228. The predicted molar refractivity (Wildman–Crippen MR) is 99.3 cm³/mol. The molecule has 4 rings (SSSR count). The molecule has 6 nitrogen and oxygen atoms in total. The molecule has 6 heteroatoms. The molecule has 0 bridgehead atoms. The highest BCUT2D eigenvalue weighted by Gasteiger charge is 2.42. The van der Waals surface area contributed by atoms with Gasteiger partial charge < -0.3 is 23.8 Å². The van der Waals surface area contributed by atoms with E-state index in [1.54, 1.807) is 20.3 Å². The van der Waals surface area contributed by atoms with Gasteiger partial charge in [0.15, 0.2) is 11.5 Å². The van der Waals surface area contributed by atoms with E-state index >= 15 is 0 Å².